The molecule has 5 heteroatoms. The highest BCUT2D eigenvalue weighted by Gasteiger charge is 2.26. The fourth-order valence-electron chi connectivity index (χ4n) is 3.15. The normalized spacial score (nSPS) is 29.5. The molecule has 140 valence electrons. The van der Waals surface area contributed by atoms with Crippen LogP contribution in [0.5, 0.6) is 0 Å². The van der Waals surface area contributed by atoms with Crippen LogP contribution in [0.1, 0.15) is 43.6 Å². The lowest BCUT2D eigenvalue weighted by Gasteiger charge is -2.32. The number of ether oxygens (including phenoxy) is 4. The van der Waals surface area contributed by atoms with E-state index in [1.807, 2.05) is 12.1 Å². The third-order valence-corrected chi connectivity index (χ3v) is 4.73. The molecule has 2 saturated heterocycles. The van der Waals surface area contributed by atoms with Gasteiger partial charge < -0.3 is 18.9 Å². The van der Waals surface area contributed by atoms with Gasteiger partial charge in [0.15, 0.2) is 12.6 Å². The molecular formula is C21H27NO4. The van der Waals surface area contributed by atoms with Crippen molar-refractivity contribution in [2.24, 2.45) is 11.8 Å². The maximum absolute atomic E-state index is 8.86. The Morgan fingerprint density at radius 1 is 1.00 bits per heavy atom. The van der Waals surface area contributed by atoms with Crippen molar-refractivity contribution in [3.8, 4) is 6.07 Å². The van der Waals surface area contributed by atoms with E-state index in [0.29, 0.717) is 30.6 Å². The highest BCUT2D eigenvalue weighted by Crippen LogP contribution is 2.28. The third kappa shape index (κ3) is 5.39. The van der Waals surface area contributed by atoms with Crippen LogP contribution in [0.15, 0.2) is 36.4 Å². The Labute approximate surface area is 155 Å². The van der Waals surface area contributed by atoms with Crippen LogP contribution in [0.25, 0.3) is 0 Å². The summed E-state index contributed by atoms with van der Waals surface area (Å²) in [6, 6.07) is 9.46. The minimum absolute atomic E-state index is 0.113. The van der Waals surface area contributed by atoms with Crippen molar-refractivity contribution in [2.75, 3.05) is 26.4 Å². The van der Waals surface area contributed by atoms with Gasteiger partial charge in [-0.2, -0.15) is 5.26 Å². The topological polar surface area (TPSA) is 60.7 Å². The Kier molecular flexibility index (Phi) is 7.22. The SMILES string of the molecule is CCC=C[C@H]1CO[C@H](CC[C@H]2CO[C@H](c3ccc(C#N)cc3)OC2)OC1. The van der Waals surface area contributed by atoms with E-state index in [0.717, 1.165) is 38.0 Å². The van der Waals surface area contributed by atoms with Gasteiger partial charge in [0.2, 0.25) is 0 Å². The molecule has 0 amide bonds. The van der Waals surface area contributed by atoms with Crippen molar-refractivity contribution in [3.63, 3.8) is 0 Å². The van der Waals surface area contributed by atoms with Crippen LogP contribution < -0.4 is 0 Å². The standard InChI is InChI=1S/C21H27NO4/c1-2-3-4-17-12-23-20(24-13-17)10-7-18-14-25-21(26-15-18)19-8-5-16(11-22)6-9-19/h3-6,8-9,17-18,20-21H,2,7,10,12-15H2,1H3/t17-,18-,20-,21-. The van der Waals surface area contributed by atoms with Crippen LogP contribution in [-0.4, -0.2) is 32.7 Å². The van der Waals surface area contributed by atoms with Gasteiger partial charge in [-0.25, -0.2) is 0 Å². The molecule has 2 heterocycles. The van der Waals surface area contributed by atoms with Crippen molar-refractivity contribution < 1.29 is 18.9 Å². The molecule has 0 atom stereocenters. The first kappa shape index (κ1) is 19.1. The lowest BCUT2D eigenvalue weighted by atomic mass is 10.0. The van der Waals surface area contributed by atoms with E-state index in [4.69, 9.17) is 24.2 Å². The zero-order valence-corrected chi connectivity index (χ0v) is 15.3. The minimum atomic E-state index is -0.340. The number of nitrogens with zero attached hydrogens (tertiary/aromatic N) is 1. The van der Waals surface area contributed by atoms with E-state index in [1.54, 1.807) is 12.1 Å². The quantitative estimate of drug-likeness (QED) is 0.721. The molecule has 3 rings (SSSR count). The molecule has 2 aliphatic heterocycles. The van der Waals surface area contributed by atoms with Gasteiger partial charge in [-0.15, -0.1) is 0 Å². The van der Waals surface area contributed by atoms with Crippen molar-refractivity contribution >= 4 is 0 Å². The molecule has 2 aliphatic rings. The smallest absolute Gasteiger partial charge is 0.183 e. The summed E-state index contributed by atoms with van der Waals surface area (Å²) in [6.07, 6.45) is 6.76. The Morgan fingerprint density at radius 3 is 2.31 bits per heavy atom. The fraction of sp³-hybridized carbons (Fsp3) is 0.571. The van der Waals surface area contributed by atoms with Crippen LogP contribution in [-0.2, 0) is 18.9 Å². The van der Waals surface area contributed by atoms with Crippen LogP contribution in [0.3, 0.4) is 0 Å². The molecule has 0 spiro atoms. The first-order valence-corrected chi connectivity index (χ1v) is 9.41. The first-order chi connectivity index (χ1) is 12.8. The second-order valence-electron chi connectivity index (χ2n) is 6.87. The summed E-state index contributed by atoms with van der Waals surface area (Å²) < 4.78 is 23.3. The Bertz CT molecular complexity index is 606. The molecule has 0 aromatic heterocycles. The molecule has 0 unspecified atom stereocenters. The summed E-state index contributed by atoms with van der Waals surface area (Å²) in [4.78, 5) is 0. The van der Waals surface area contributed by atoms with Gasteiger partial charge in [-0.3, -0.25) is 0 Å². The number of nitriles is 1. The molecular weight excluding hydrogens is 330 g/mol. The fourth-order valence-corrected chi connectivity index (χ4v) is 3.15. The van der Waals surface area contributed by atoms with E-state index in [2.05, 4.69) is 25.1 Å². The van der Waals surface area contributed by atoms with Gasteiger partial charge >= 0.3 is 0 Å². The number of hydrogen-bond acceptors (Lipinski definition) is 5. The Morgan fingerprint density at radius 2 is 1.69 bits per heavy atom. The molecule has 1 aromatic rings. The first-order valence-electron chi connectivity index (χ1n) is 9.41. The van der Waals surface area contributed by atoms with Crippen molar-refractivity contribution in [2.45, 2.75) is 38.8 Å². The van der Waals surface area contributed by atoms with Crippen molar-refractivity contribution in [1.29, 1.82) is 5.26 Å². The molecule has 0 radical (unpaired) electrons. The molecule has 0 saturated carbocycles. The van der Waals surface area contributed by atoms with Crippen LogP contribution in [0.2, 0.25) is 0 Å². The second-order valence-corrected chi connectivity index (χ2v) is 6.87. The largest absolute Gasteiger partial charge is 0.352 e. The van der Waals surface area contributed by atoms with Gasteiger partial charge in [-0.1, -0.05) is 31.2 Å². The number of benzene rings is 1. The molecule has 26 heavy (non-hydrogen) atoms. The van der Waals surface area contributed by atoms with Gasteiger partial charge in [0.1, 0.15) is 0 Å². The number of hydrogen-bond donors (Lipinski definition) is 0. The molecule has 0 aliphatic carbocycles. The van der Waals surface area contributed by atoms with Crippen LogP contribution in [0.4, 0.5) is 0 Å². The second kappa shape index (κ2) is 9.84. The van der Waals surface area contributed by atoms with Crippen molar-refractivity contribution in [1.82, 2.24) is 0 Å². The van der Waals surface area contributed by atoms with E-state index >= 15 is 0 Å². The molecule has 0 bridgehead atoms. The zero-order chi connectivity index (χ0) is 18.2. The van der Waals surface area contributed by atoms with E-state index in [-0.39, 0.29) is 12.6 Å². The third-order valence-electron chi connectivity index (χ3n) is 4.73. The van der Waals surface area contributed by atoms with Gasteiger partial charge in [0.25, 0.3) is 0 Å². The lowest BCUT2D eigenvalue weighted by Crippen LogP contribution is -2.33. The minimum Gasteiger partial charge on any atom is -0.352 e. The predicted molar refractivity (Wildman–Crippen MR) is 97.1 cm³/mol. The van der Waals surface area contributed by atoms with Gasteiger partial charge in [-0.05, 0) is 31.4 Å². The number of rotatable bonds is 6. The van der Waals surface area contributed by atoms with E-state index < -0.39 is 0 Å². The Balaban J connectivity index is 1.35. The van der Waals surface area contributed by atoms with Gasteiger partial charge in [0.05, 0.1) is 38.1 Å². The summed E-state index contributed by atoms with van der Waals surface area (Å²) >= 11 is 0. The maximum Gasteiger partial charge on any atom is 0.183 e. The maximum atomic E-state index is 8.86. The number of allylic oxidation sites excluding steroid dienone is 1. The lowest BCUT2D eigenvalue weighted by molar-refractivity contribution is -0.217. The monoisotopic (exact) mass is 357 g/mol. The summed E-state index contributed by atoms with van der Waals surface area (Å²) in [5.74, 6) is 0.732. The van der Waals surface area contributed by atoms with Gasteiger partial charge in [0, 0.05) is 17.4 Å². The van der Waals surface area contributed by atoms with Crippen LogP contribution in [0, 0.1) is 23.2 Å². The highest BCUT2D eigenvalue weighted by molar-refractivity contribution is 5.32. The average Bonchev–Trinajstić information content (AvgIpc) is 2.72. The average molecular weight is 357 g/mol. The van der Waals surface area contributed by atoms with E-state index in [1.165, 1.54) is 0 Å². The summed E-state index contributed by atoms with van der Waals surface area (Å²) in [6.45, 7) is 4.93. The molecule has 5 nitrogen and oxygen atoms in total. The summed E-state index contributed by atoms with van der Waals surface area (Å²) in [7, 11) is 0. The summed E-state index contributed by atoms with van der Waals surface area (Å²) in [5.41, 5.74) is 1.59. The zero-order valence-electron chi connectivity index (χ0n) is 15.3. The molecule has 0 N–H and O–H groups in total. The Hall–Kier alpha value is -1.71. The molecule has 2 fully saturated rings. The molecule has 1 aromatic carbocycles. The van der Waals surface area contributed by atoms with Crippen LogP contribution >= 0.6 is 0 Å². The predicted octanol–water partition coefficient (Wildman–Crippen LogP) is 3.96. The summed E-state index contributed by atoms with van der Waals surface area (Å²) in [5, 5.41) is 8.86. The van der Waals surface area contributed by atoms with E-state index in [9.17, 15) is 0 Å². The van der Waals surface area contributed by atoms with Crippen molar-refractivity contribution in [3.05, 3.63) is 47.5 Å². The highest BCUT2D eigenvalue weighted by atomic mass is 16.7.